The lowest BCUT2D eigenvalue weighted by atomic mass is 10.1. The fourth-order valence-corrected chi connectivity index (χ4v) is 3.55. The van der Waals surface area contributed by atoms with Crippen LogP contribution in [0.15, 0.2) is 62.3 Å². The highest BCUT2D eigenvalue weighted by atomic mass is 32.2. The zero-order valence-electron chi connectivity index (χ0n) is 13.9. The van der Waals surface area contributed by atoms with Crippen LogP contribution >= 0.6 is 0 Å². The number of alkyl halides is 3. The minimum absolute atomic E-state index is 0.0330. The third-order valence-electron chi connectivity index (χ3n) is 3.52. The van der Waals surface area contributed by atoms with Gasteiger partial charge in [0.25, 0.3) is 0 Å². The molecule has 0 amide bonds. The van der Waals surface area contributed by atoms with E-state index in [1.54, 1.807) is 24.3 Å². The first-order valence-electron chi connectivity index (χ1n) is 7.60. The zero-order valence-corrected chi connectivity index (χ0v) is 14.7. The third-order valence-corrected chi connectivity index (χ3v) is 5.21. The largest absolute Gasteiger partial charge is 0.471 e. The van der Waals surface area contributed by atoms with Gasteiger partial charge >= 0.3 is 12.1 Å². The molecule has 3 rings (SSSR count). The smallest absolute Gasteiger partial charge is 0.329 e. The Bertz CT molecular complexity index is 1070. The third kappa shape index (κ3) is 4.70. The maximum Gasteiger partial charge on any atom is 0.471 e. The van der Waals surface area contributed by atoms with Crippen LogP contribution in [0.4, 0.5) is 23.2 Å². The van der Waals surface area contributed by atoms with Crippen molar-refractivity contribution < 1.29 is 26.3 Å². The Balaban J connectivity index is 1.79. The van der Waals surface area contributed by atoms with Crippen LogP contribution in [0, 0.1) is 5.82 Å². The molecule has 5 nitrogen and oxygen atoms in total. The molecule has 142 valence electrons. The SMILES string of the molecule is CS(=O)(=Nc1ccc(Cc2noc(C(F)(F)F)n2)cc1)c1cccc(F)c1. The summed E-state index contributed by atoms with van der Waals surface area (Å²) in [6.07, 6.45) is -3.26. The minimum atomic E-state index is -4.69. The van der Waals surface area contributed by atoms with Crippen LogP contribution in [-0.2, 0) is 22.3 Å². The van der Waals surface area contributed by atoms with Gasteiger partial charge in [0.15, 0.2) is 5.82 Å². The van der Waals surface area contributed by atoms with E-state index >= 15 is 0 Å². The molecule has 0 spiro atoms. The van der Waals surface area contributed by atoms with Crippen molar-refractivity contribution in [3.8, 4) is 0 Å². The molecule has 10 heteroatoms. The van der Waals surface area contributed by atoms with Gasteiger partial charge in [0.2, 0.25) is 0 Å². The highest BCUT2D eigenvalue weighted by Gasteiger charge is 2.38. The number of benzene rings is 2. The van der Waals surface area contributed by atoms with Gasteiger partial charge in [0.05, 0.1) is 20.3 Å². The summed E-state index contributed by atoms with van der Waals surface area (Å²) in [7, 11) is -2.85. The number of rotatable bonds is 4. The summed E-state index contributed by atoms with van der Waals surface area (Å²) in [6, 6.07) is 11.7. The average Bonchev–Trinajstić information content (AvgIpc) is 3.05. The first-order valence-corrected chi connectivity index (χ1v) is 9.52. The van der Waals surface area contributed by atoms with Gasteiger partial charge in [-0.25, -0.2) is 8.60 Å². The van der Waals surface area contributed by atoms with Crippen molar-refractivity contribution in [2.45, 2.75) is 17.5 Å². The second-order valence-corrected chi connectivity index (χ2v) is 7.97. The van der Waals surface area contributed by atoms with E-state index < -0.39 is 27.6 Å². The van der Waals surface area contributed by atoms with Crippen LogP contribution in [0.5, 0.6) is 0 Å². The van der Waals surface area contributed by atoms with Gasteiger partial charge in [-0.1, -0.05) is 23.4 Å². The van der Waals surface area contributed by atoms with E-state index in [0.717, 1.165) is 6.07 Å². The normalized spacial score (nSPS) is 14.0. The average molecular weight is 399 g/mol. The molecule has 0 fully saturated rings. The molecule has 0 saturated heterocycles. The van der Waals surface area contributed by atoms with Gasteiger partial charge in [-0.05, 0) is 35.9 Å². The molecule has 0 saturated carbocycles. The van der Waals surface area contributed by atoms with Gasteiger partial charge in [-0.3, -0.25) is 0 Å². The van der Waals surface area contributed by atoms with Crippen molar-refractivity contribution >= 4 is 15.4 Å². The summed E-state index contributed by atoms with van der Waals surface area (Å²) in [5.74, 6) is -2.01. The minimum Gasteiger partial charge on any atom is -0.329 e. The van der Waals surface area contributed by atoms with Crippen molar-refractivity contribution in [1.82, 2.24) is 10.1 Å². The van der Waals surface area contributed by atoms with E-state index in [2.05, 4.69) is 19.0 Å². The van der Waals surface area contributed by atoms with Crippen molar-refractivity contribution in [3.05, 3.63) is 71.6 Å². The number of nitrogens with zero attached hydrogens (tertiary/aromatic N) is 3. The highest BCUT2D eigenvalue weighted by molar-refractivity contribution is 7.93. The van der Waals surface area contributed by atoms with Crippen LogP contribution in [0.2, 0.25) is 0 Å². The first kappa shape index (κ1) is 19.0. The Labute approximate surface area is 152 Å². The van der Waals surface area contributed by atoms with Gasteiger partial charge in [0, 0.05) is 12.7 Å². The van der Waals surface area contributed by atoms with Crippen molar-refractivity contribution in [1.29, 1.82) is 0 Å². The standard InChI is InChI=1S/C17H13F4N3O2S/c1-27(25,14-4-2-3-12(18)10-14)24-13-7-5-11(6-8-13)9-15-22-16(26-23-15)17(19,20)21/h2-8,10H,9H2,1H3. The fourth-order valence-electron chi connectivity index (χ4n) is 2.25. The highest BCUT2D eigenvalue weighted by Crippen LogP contribution is 2.28. The Morgan fingerprint density at radius 2 is 1.85 bits per heavy atom. The summed E-state index contributed by atoms with van der Waals surface area (Å²) in [6.45, 7) is 0. The van der Waals surface area contributed by atoms with Crippen molar-refractivity contribution in [3.63, 3.8) is 0 Å². The predicted molar refractivity (Wildman–Crippen MR) is 89.4 cm³/mol. The lowest BCUT2D eigenvalue weighted by Gasteiger charge is -2.05. The van der Waals surface area contributed by atoms with E-state index in [1.807, 2.05) is 0 Å². The summed E-state index contributed by atoms with van der Waals surface area (Å²) < 4.78 is 71.7. The lowest BCUT2D eigenvalue weighted by molar-refractivity contribution is -0.159. The number of hydrogen-bond acceptors (Lipinski definition) is 5. The Kier molecular flexibility index (Phi) is 5.01. The lowest BCUT2D eigenvalue weighted by Crippen LogP contribution is -2.05. The maximum atomic E-state index is 13.3. The van der Waals surface area contributed by atoms with Crippen LogP contribution in [-0.4, -0.2) is 20.6 Å². The molecule has 1 unspecified atom stereocenters. The van der Waals surface area contributed by atoms with E-state index in [9.17, 15) is 21.8 Å². The van der Waals surface area contributed by atoms with Crippen LogP contribution in [0.25, 0.3) is 0 Å². The number of halogens is 4. The van der Waals surface area contributed by atoms with Crippen molar-refractivity contribution in [2.24, 2.45) is 4.36 Å². The molecule has 3 aromatic rings. The second kappa shape index (κ2) is 7.10. The topological polar surface area (TPSA) is 68.3 Å². The maximum absolute atomic E-state index is 13.3. The molecular weight excluding hydrogens is 386 g/mol. The summed E-state index contributed by atoms with van der Waals surface area (Å²) >= 11 is 0. The molecule has 0 aliphatic heterocycles. The van der Waals surface area contributed by atoms with Crippen LogP contribution in [0.3, 0.4) is 0 Å². The Morgan fingerprint density at radius 3 is 2.44 bits per heavy atom. The quantitative estimate of drug-likeness (QED) is 0.601. The first-order chi connectivity index (χ1) is 12.6. The molecule has 0 N–H and O–H groups in total. The van der Waals surface area contributed by atoms with E-state index in [4.69, 9.17) is 0 Å². The fraction of sp³-hybridized carbons (Fsp3) is 0.176. The molecule has 0 aliphatic carbocycles. The molecule has 27 heavy (non-hydrogen) atoms. The van der Waals surface area contributed by atoms with Gasteiger partial charge in [-0.15, -0.1) is 0 Å². The summed E-state index contributed by atoms with van der Waals surface area (Å²) in [4.78, 5) is 3.56. The van der Waals surface area contributed by atoms with Crippen LogP contribution in [0.1, 0.15) is 17.3 Å². The number of aromatic nitrogens is 2. The Morgan fingerprint density at radius 1 is 1.15 bits per heavy atom. The van der Waals surface area contributed by atoms with Gasteiger partial charge < -0.3 is 4.52 Å². The van der Waals surface area contributed by atoms with Gasteiger partial charge in [-0.2, -0.15) is 22.5 Å². The molecule has 1 aromatic heterocycles. The Hall–Kier alpha value is -2.75. The molecular formula is C17H13F4N3O2S. The van der Waals surface area contributed by atoms with E-state index in [0.29, 0.717) is 11.3 Å². The molecule has 1 heterocycles. The van der Waals surface area contributed by atoms with E-state index in [-0.39, 0.29) is 17.1 Å². The second-order valence-electron chi connectivity index (χ2n) is 5.71. The van der Waals surface area contributed by atoms with Crippen molar-refractivity contribution in [2.75, 3.05) is 6.26 Å². The van der Waals surface area contributed by atoms with Gasteiger partial charge in [0.1, 0.15) is 5.82 Å². The van der Waals surface area contributed by atoms with E-state index in [1.165, 1.54) is 24.5 Å². The molecule has 1 atom stereocenters. The zero-order chi connectivity index (χ0) is 19.7. The molecule has 0 aliphatic rings. The molecule has 0 bridgehead atoms. The summed E-state index contributed by atoms with van der Waals surface area (Å²) in [5.41, 5.74) is 1.01. The number of hydrogen-bond donors (Lipinski definition) is 0. The predicted octanol–water partition coefficient (Wildman–Crippen LogP) is 4.61. The molecule has 0 radical (unpaired) electrons. The molecule has 2 aromatic carbocycles. The van der Waals surface area contributed by atoms with Crippen LogP contribution < -0.4 is 0 Å². The summed E-state index contributed by atoms with van der Waals surface area (Å²) in [5, 5.41) is 3.30. The monoisotopic (exact) mass is 399 g/mol.